The van der Waals surface area contributed by atoms with E-state index >= 15 is 0 Å². The lowest BCUT2D eigenvalue weighted by Crippen LogP contribution is -2.54. The summed E-state index contributed by atoms with van der Waals surface area (Å²) in [4.78, 5) is 27.6. The van der Waals surface area contributed by atoms with Crippen molar-refractivity contribution in [3.8, 4) is 11.3 Å². The van der Waals surface area contributed by atoms with Crippen LogP contribution in [-0.4, -0.2) is 39.0 Å². The highest BCUT2D eigenvalue weighted by Crippen LogP contribution is 2.28. The quantitative estimate of drug-likeness (QED) is 0.818. The molecule has 1 amide bonds. The van der Waals surface area contributed by atoms with Crippen LogP contribution < -0.4 is 5.32 Å². The van der Waals surface area contributed by atoms with Crippen LogP contribution in [0.2, 0.25) is 0 Å². The Balaban J connectivity index is 1.60. The molecule has 3 rings (SSSR count). The Bertz CT molecular complexity index is 786. The zero-order valence-electron chi connectivity index (χ0n) is 13.3. The Morgan fingerprint density at radius 2 is 2.20 bits per heavy atom. The molecule has 1 unspecified atom stereocenters. The molecule has 8 heteroatoms. The van der Waals surface area contributed by atoms with E-state index in [9.17, 15) is 19.1 Å². The van der Waals surface area contributed by atoms with E-state index in [0.717, 1.165) is 0 Å². The third-order valence-electron chi connectivity index (χ3n) is 4.07. The number of hydrogen-bond acceptors (Lipinski definition) is 5. The zero-order chi connectivity index (χ0) is 17.9. The third kappa shape index (κ3) is 3.84. The average Bonchev–Trinajstić information content (AvgIpc) is 3.23. The largest absolute Gasteiger partial charge is 0.479 e. The molecule has 1 saturated heterocycles. The Labute approximate surface area is 147 Å². The predicted molar refractivity (Wildman–Crippen MR) is 90.7 cm³/mol. The van der Waals surface area contributed by atoms with Crippen LogP contribution in [0.5, 0.6) is 0 Å². The summed E-state index contributed by atoms with van der Waals surface area (Å²) in [6, 6.07) is 6.19. The molecule has 6 nitrogen and oxygen atoms in total. The van der Waals surface area contributed by atoms with Gasteiger partial charge in [-0.05, 0) is 24.3 Å². The van der Waals surface area contributed by atoms with Crippen molar-refractivity contribution in [1.82, 2.24) is 10.3 Å². The van der Waals surface area contributed by atoms with Gasteiger partial charge in [0, 0.05) is 18.6 Å². The van der Waals surface area contributed by atoms with Gasteiger partial charge in [0.25, 0.3) is 0 Å². The van der Waals surface area contributed by atoms with Crippen LogP contribution in [0, 0.1) is 5.82 Å². The van der Waals surface area contributed by atoms with Crippen molar-refractivity contribution in [2.75, 3.05) is 11.5 Å². The molecule has 132 valence electrons. The number of carbonyl (C=O) groups excluding carboxylic acids is 1. The topological polar surface area (TPSA) is 92.4 Å². The molecule has 0 bridgehead atoms. The average molecular weight is 364 g/mol. The van der Waals surface area contributed by atoms with Gasteiger partial charge in [-0.2, -0.15) is 11.8 Å². The second kappa shape index (κ2) is 7.26. The molecule has 0 saturated carbocycles. The summed E-state index contributed by atoms with van der Waals surface area (Å²) in [7, 11) is 0. The van der Waals surface area contributed by atoms with Crippen LogP contribution in [0.25, 0.3) is 11.3 Å². The number of aryl methyl sites for hydroxylation is 1. The maximum absolute atomic E-state index is 13.7. The number of aliphatic carboxylic acids is 1. The minimum absolute atomic E-state index is 0.0525. The van der Waals surface area contributed by atoms with Crippen LogP contribution >= 0.6 is 11.8 Å². The number of hydrogen-bond donors (Lipinski definition) is 2. The fourth-order valence-corrected chi connectivity index (χ4v) is 3.97. The van der Waals surface area contributed by atoms with E-state index in [2.05, 4.69) is 10.3 Å². The summed E-state index contributed by atoms with van der Waals surface area (Å²) in [6.45, 7) is 0. The summed E-state index contributed by atoms with van der Waals surface area (Å²) in [5, 5.41) is 12.0. The first-order valence-electron chi connectivity index (χ1n) is 7.82. The van der Waals surface area contributed by atoms with Gasteiger partial charge >= 0.3 is 5.97 Å². The van der Waals surface area contributed by atoms with Gasteiger partial charge in [0.2, 0.25) is 5.91 Å². The molecule has 25 heavy (non-hydrogen) atoms. The molecule has 2 aromatic rings. The molecule has 1 aromatic heterocycles. The lowest BCUT2D eigenvalue weighted by atomic mass is 9.99. The van der Waals surface area contributed by atoms with Crippen LogP contribution in [0.4, 0.5) is 4.39 Å². The summed E-state index contributed by atoms with van der Waals surface area (Å²) in [5.41, 5.74) is -0.880. The van der Waals surface area contributed by atoms with Gasteiger partial charge in [-0.25, -0.2) is 14.2 Å². The number of halogens is 1. The molecule has 0 spiro atoms. The van der Waals surface area contributed by atoms with Gasteiger partial charge in [0.1, 0.15) is 11.4 Å². The van der Waals surface area contributed by atoms with E-state index in [-0.39, 0.29) is 18.7 Å². The Morgan fingerprint density at radius 1 is 1.40 bits per heavy atom. The highest BCUT2D eigenvalue weighted by molar-refractivity contribution is 7.99. The van der Waals surface area contributed by atoms with Crippen LogP contribution in [-0.2, 0) is 16.0 Å². The van der Waals surface area contributed by atoms with Crippen molar-refractivity contribution in [3.63, 3.8) is 0 Å². The summed E-state index contributed by atoms with van der Waals surface area (Å²) < 4.78 is 19.2. The number of carbonyl (C=O) groups is 2. The highest BCUT2D eigenvalue weighted by atomic mass is 32.2. The Morgan fingerprint density at radius 3 is 2.88 bits per heavy atom. The molecular formula is C17H17FN2O4S. The molecule has 0 aliphatic carbocycles. The number of carboxylic acid groups (broad SMARTS) is 1. The highest BCUT2D eigenvalue weighted by Gasteiger charge is 2.43. The Hall–Kier alpha value is -2.35. The lowest BCUT2D eigenvalue weighted by molar-refractivity contribution is -0.146. The van der Waals surface area contributed by atoms with E-state index in [4.69, 9.17) is 4.42 Å². The maximum atomic E-state index is 13.7. The summed E-state index contributed by atoms with van der Waals surface area (Å²) >= 11 is 1.51. The molecule has 1 aliphatic rings. The molecule has 1 fully saturated rings. The second-order valence-corrected chi connectivity index (χ2v) is 6.94. The fraction of sp³-hybridized carbons (Fsp3) is 0.353. The molecular weight excluding hydrogens is 347 g/mol. The molecule has 1 aliphatic heterocycles. The standard InChI is InChI=1S/C17H17FN2O4S/c18-12-4-2-1-3-11(12)13-9-19-15(24-13)6-5-14(21)20-17(16(22)23)7-8-25-10-17/h1-4,9H,5-8,10H2,(H,20,21)(H,22,23). The van der Waals surface area contributed by atoms with Crippen LogP contribution in [0.1, 0.15) is 18.7 Å². The third-order valence-corrected chi connectivity index (χ3v) is 5.26. The van der Waals surface area contributed by atoms with Crippen LogP contribution in [0.15, 0.2) is 34.9 Å². The SMILES string of the molecule is O=C(CCc1ncc(-c2ccccc2F)o1)NC1(C(=O)O)CCSC1. The lowest BCUT2D eigenvalue weighted by Gasteiger charge is -2.24. The molecule has 2 heterocycles. The molecule has 0 radical (unpaired) electrons. The van der Waals surface area contributed by atoms with Crippen molar-refractivity contribution < 1.29 is 23.5 Å². The molecule has 1 atom stereocenters. The minimum atomic E-state index is -1.18. The number of rotatable bonds is 6. The van der Waals surface area contributed by atoms with E-state index in [1.54, 1.807) is 18.2 Å². The van der Waals surface area contributed by atoms with Crippen molar-refractivity contribution in [1.29, 1.82) is 0 Å². The first-order chi connectivity index (χ1) is 12.0. The fourth-order valence-electron chi connectivity index (χ4n) is 2.65. The van der Waals surface area contributed by atoms with Gasteiger partial charge in [-0.3, -0.25) is 4.79 Å². The van der Waals surface area contributed by atoms with Crippen molar-refractivity contribution >= 4 is 23.6 Å². The van der Waals surface area contributed by atoms with Gasteiger partial charge in [0.15, 0.2) is 11.7 Å². The number of benzene rings is 1. The molecule has 2 N–H and O–H groups in total. The van der Waals surface area contributed by atoms with Gasteiger partial charge in [0.05, 0.1) is 11.8 Å². The van der Waals surface area contributed by atoms with Crippen molar-refractivity contribution in [2.45, 2.75) is 24.8 Å². The number of thioether (sulfide) groups is 1. The van der Waals surface area contributed by atoms with Gasteiger partial charge < -0.3 is 14.8 Å². The minimum Gasteiger partial charge on any atom is -0.479 e. The van der Waals surface area contributed by atoms with Crippen molar-refractivity contribution in [2.24, 2.45) is 0 Å². The summed E-state index contributed by atoms with van der Waals surface area (Å²) in [6.07, 6.45) is 2.09. The number of aromatic nitrogens is 1. The second-order valence-electron chi connectivity index (χ2n) is 5.84. The van der Waals surface area contributed by atoms with E-state index < -0.39 is 17.3 Å². The maximum Gasteiger partial charge on any atom is 0.330 e. The van der Waals surface area contributed by atoms with Gasteiger partial charge in [-0.1, -0.05) is 12.1 Å². The van der Waals surface area contributed by atoms with E-state index in [1.165, 1.54) is 24.0 Å². The number of oxazole rings is 1. The van der Waals surface area contributed by atoms with Gasteiger partial charge in [-0.15, -0.1) is 0 Å². The Kier molecular flexibility index (Phi) is 5.08. The number of amides is 1. The first kappa shape index (κ1) is 17.5. The van der Waals surface area contributed by atoms with Crippen molar-refractivity contribution in [3.05, 3.63) is 42.2 Å². The van der Waals surface area contributed by atoms with E-state index in [1.807, 2.05) is 0 Å². The van der Waals surface area contributed by atoms with Crippen LogP contribution in [0.3, 0.4) is 0 Å². The summed E-state index contributed by atoms with van der Waals surface area (Å²) in [5.74, 6) is -0.117. The normalized spacial score (nSPS) is 19.7. The number of carboxylic acids is 1. The smallest absolute Gasteiger partial charge is 0.330 e. The number of nitrogens with zero attached hydrogens (tertiary/aromatic N) is 1. The predicted octanol–water partition coefficient (Wildman–Crippen LogP) is 2.49. The van der Waals surface area contributed by atoms with E-state index in [0.29, 0.717) is 35.1 Å². The monoisotopic (exact) mass is 364 g/mol. The number of nitrogens with one attached hydrogen (secondary N) is 1. The molecule has 1 aromatic carbocycles. The zero-order valence-corrected chi connectivity index (χ0v) is 14.1. The first-order valence-corrected chi connectivity index (χ1v) is 8.97.